The molecule has 0 saturated carbocycles. The molecule has 0 N–H and O–H groups in total. The van der Waals surface area contributed by atoms with E-state index in [0.29, 0.717) is 0 Å². The summed E-state index contributed by atoms with van der Waals surface area (Å²) in [5.74, 6) is 1.46. The Balaban J connectivity index is 1.88. The second-order valence-electron chi connectivity index (χ2n) is 7.72. The molecule has 32 heavy (non-hydrogen) atoms. The van der Waals surface area contributed by atoms with Crippen LogP contribution in [0.2, 0.25) is 0 Å². The molecular formula is C28H26O3S. The van der Waals surface area contributed by atoms with Gasteiger partial charge >= 0.3 is 0 Å². The zero-order valence-electron chi connectivity index (χ0n) is 18.7. The Hall–Kier alpha value is -3.37. The number of methoxy groups -OCH3 is 2. The topological polar surface area (TPSA) is 35.5 Å². The molecule has 0 fully saturated rings. The van der Waals surface area contributed by atoms with E-state index < -0.39 is 10.8 Å². The molecule has 0 unspecified atom stereocenters. The molecule has 4 heteroatoms. The lowest BCUT2D eigenvalue weighted by molar-refractivity contribution is 0.414. The number of benzene rings is 4. The van der Waals surface area contributed by atoms with Crippen LogP contribution in [0, 0.1) is 13.8 Å². The first kappa shape index (κ1) is 21.8. The lowest BCUT2D eigenvalue weighted by Crippen LogP contribution is -2.00. The van der Waals surface area contributed by atoms with Gasteiger partial charge in [0, 0.05) is 11.1 Å². The zero-order valence-corrected chi connectivity index (χ0v) is 19.5. The van der Waals surface area contributed by atoms with Crippen molar-refractivity contribution in [2.45, 2.75) is 23.6 Å². The fourth-order valence-corrected chi connectivity index (χ4v) is 5.00. The molecule has 0 bridgehead atoms. The van der Waals surface area contributed by atoms with E-state index in [4.69, 9.17) is 9.47 Å². The van der Waals surface area contributed by atoms with Crippen molar-refractivity contribution in [1.29, 1.82) is 0 Å². The number of rotatable bonds is 6. The maximum absolute atomic E-state index is 14.0. The summed E-state index contributed by atoms with van der Waals surface area (Å²) >= 11 is 0. The third-order valence-electron chi connectivity index (χ3n) is 5.50. The molecule has 0 saturated heterocycles. The molecule has 0 aliphatic rings. The summed E-state index contributed by atoms with van der Waals surface area (Å²) < 4.78 is 24.9. The highest BCUT2D eigenvalue weighted by molar-refractivity contribution is 7.85. The Kier molecular flexibility index (Phi) is 6.42. The summed E-state index contributed by atoms with van der Waals surface area (Å²) in [4.78, 5) is 1.49. The molecular weight excluding hydrogens is 416 g/mol. The van der Waals surface area contributed by atoms with E-state index in [2.05, 4.69) is 62.4 Å². The van der Waals surface area contributed by atoms with Gasteiger partial charge in [-0.2, -0.15) is 0 Å². The predicted octanol–water partition coefficient (Wildman–Crippen LogP) is 6.82. The van der Waals surface area contributed by atoms with Crippen molar-refractivity contribution in [3.05, 3.63) is 96.1 Å². The lowest BCUT2D eigenvalue weighted by atomic mass is 10.0. The number of hydrogen-bond acceptors (Lipinski definition) is 3. The van der Waals surface area contributed by atoms with Gasteiger partial charge in [-0.25, -0.2) is 4.21 Å². The second-order valence-corrected chi connectivity index (χ2v) is 9.14. The van der Waals surface area contributed by atoms with E-state index in [1.807, 2.05) is 36.4 Å². The van der Waals surface area contributed by atoms with Gasteiger partial charge in [-0.05, 0) is 61.4 Å². The van der Waals surface area contributed by atoms with Crippen LogP contribution in [0.25, 0.3) is 22.3 Å². The lowest BCUT2D eigenvalue weighted by Gasteiger charge is -2.15. The Morgan fingerprint density at radius 2 is 0.938 bits per heavy atom. The summed E-state index contributed by atoms with van der Waals surface area (Å²) in [5.41, 5.74) is 6.15. The third kappa shape index (κ3) is 4.46. The summed E-state index contributed by atoms with van der Waals surface area (Å²) in [6.07, 6.45) is 0. The standard InChI is InChI=1S/C28H26O3S/c1-19-5-9-21(10-6-19)25-17-23(30-3)13-15-27(25)32(29)28-16-14-24(31-4)18-26(28)22-11-7-20(2)8-12-22/h5-18H,1-4H3. The van der Waals surface area contributed by atoms with Gasteiger partial charge in [-0.1, -0.05) is 59.7 Å². The average Bonchev–Trinajstić information content (AvgIpc) is 2.84. The van der Waals surface area contributed by atoms with Crippen molar-refractivity contribution in [3.63, 3.8) is 0 Å². The van der Waals surface area contributed by atoms with E-state index in [1.54, 1.807) is 14.2 Å². The van der Waals surface area contributed by atoms with Gasteiger partial charge in [0.1, 0.15) is 11.5 Å². The summed E-state index contributed by atoms with van der Waals surface area (Å²) in [5, 5.41) is 0. The Labute approximate surface area is 192 Å². The van der Waals surface area contributed by atoms with Gasteiger partial charge < -0.3 is 9.47 Å². The van der Waals surface area contributed by atoms with E-state index in [0.717, 1.165) is 43.5 Å². The van der Waals surface area contributed by atoms with Crippen molar-refractivity contribution >= 4 is 10.8 Å². The van der Waals surface area contributed by atoms with E-state index in [1.165, 1.54) is 11.1 Å². The van der Waals surface area contributed by atoms with E-state index >= 15 is 0 Å². The molecule has 0 aromatic heterocycles. The van der Waals surface area contributed by atoms with Crippen molar-refractivity contribution in [2.75, 3.05) is 14.2 Å². The van der Waals surface area contributed by atoms with Crippen LogP contribution in [0.5, 0.6) is 11.5 Å². The summed E-state index contributed by atoms with van der Waals surface area (Å²) in [6, 6.07) is 27.9. The monoisotopic (exact) mass is 442 g/mol. The van der Waals surface area contributed by atoms with Crippen LogP contribution < -0.4 is 9.47 Å². The van der Waals surface area contributed by atoms with Crippen LogP contribution in [0.4, 0.5) is 0 Å². The van der Waals surface area contributed by atoms with Crippen LogP contribution in [0.3, 0.4) is 0 Å². The Morgan fingerprint density at radius 1 is 0.562 bits per heavy atom. The molecule has 0 aliphatic carbocycles. The van der Waals surface area contributed by atoms with Gasteiger partial charge in [-0.15, -0.1) is 0 Å². The highest BCUT2D eigenvalue weighted by atomic mass is 32.2. The highest BCUT2D eigenvalue weighted by Gasteiger charge is 2.19. The van der Waals surface area contributed by atoms with Gasteiger partial charge in [0.15, 0.2) is 0 Å². The maximum atomic E-state index is 14.0. The van der Waals surface area contributed by atoms with Crippen LogP contribution >= 0.6 is 0 Å². The molecule has 162 valence electrons. The Bertz CT molecular complexity index is 1160. The number of ether oxygens (including phenoxy) is 2. The smallest absolute Gasteiger partial charge is 0.119 e. The van der Waals surface area contributed by atoms with E-state index in [-0.39, 0.29) is 0 Å². The van der Waals surface area contributed by atoms with Crippen LogP contribution in [0.15, 0.2) is 94.7 Å². The fraction of sp³-hybridized carbons (Fsp3) is 0.143. The molecule has 4 rings (SSSR count). The average molecular weight is 443 g/mol. The quantitative estimate of drug-likeness (QED) is 0.329. The van der Waals surface area contributed by atoms with Crippen LogP contribution in [0.1, 0.15) is 11.1 Å². The van der Waals surface area contributed by atoms with Crippen molar-refractivity contribution < 1.29 is 13.7 Å². The predicted molar refractivity (Wildman–Crippen MR) is 131 cm³/mol. The molecule has 4 aromatic carbocycles. The van der Waals surface area contributed by atoms with Crippen molar-refractivity contribution in [2.24, 2.45) is 0 Å². The van der Waals surface area contributed by atoms with Gasteiger partial charge in [0.05, 0.1) is 34.8 Å². The summed E-state index contributed by atoms with van der Waals surface area (Å²) in [6.45, 7) is 4.11. The molecule has 3 nitrogen and oxygen atoms in total. The third-order valence-corrected chi connectivity index (χ3v) is 7.01. The van der Waals surface area contributed by atoms with Crippen LogP contribution in [-0.2, 0) is 10.8 Å². The largest absolute Gasteiger partial charge is 0.497 e. The number of hydrogen-bond donors (Lipinski definition) is 0. The van der Waals surface area contributed by atoms with Gasteiger partial charge in [0.2, 0.25) is 0 Å². The first-order valence-corrected chi connectivity index (χ1v) is 11.6. The maximum Gasteiger partial charge on any atom is 0.119 e. The minimum absolute atomic E-state index is 0.731. The second kappa shape index (κ2) is 9.41. The molecule has 0 atom stereocenters. The first-order chi connectivity index (χ1) is 15.5. The summed E-state index contributed by atoms with van der Waals surface area (Å²) in [7, 11) is 1.87. The first-order valence-electron chi connectivity index (χ1n) is 10.4. The molecule has 0 spiro atoms. The Morgan fingerprint density at radius 3 is 1.28 bits per heavy atom. The normalized spacial score (nSPS) is 10.9. The minimum Gasteiger partial charge on any atom is -0.497 e. The molecule has 0 amide bonds. The highest BCUT2D eigenvalue weighted by Crippen LogP contribution is 2.37. The minimum atomic E-state index is -1.41. The zero-order chi connectivity index (χ0) is 22.7. The van der Waals surface area contributed by atoms with Gasteiger partial charge in [-0.3, -0.25) is 0 Å². The molecule has 0 radical (unpaired) electrons. The number of aryl methyl sites for hydroxylation is 2. The molecule has 0 heterocycles. The van der Waals surface area contributed by atoms with Crippen molar-refractivity contribution in [1.82, 2.24) is 0 Å². The van der Waals surface area contributed by atoms with E-state index in [9.17, 15) is 4.21 Å². The van der Waals surface area contributed by atoms with Crippen molar-refractivity contribution in [3.8, 4) is 33.8 Å². The SMILES string of the molecule is COc1ccc(S(=O)c2ccc(OC)cc2-c2ccc(C)cc2)c(-c2ccc(C)cc2)c1. The van der Waals surface area contributed by atoms with Crippen LogP contribution in [-0.4, -0.2) is 18.4 Å². The molecule has 4 aromatic rings. The van der Waals surface area contributed by atoms with Gasteiger partial charge in [0.25, 0.3) is 0 Å². The molecule has 0 aliphatic heterocycles. The fourth-order valence-electron chi connectivity index (χ4n) is 3.63.